The molecule has 0 aliphatic rings. The second-order valence-corrected chi connectivity index (χ2v) is 5.70. The average Bonchev–Trinajstić information content (AvgIpc) is 2.81. The standard InChI is InChI=1S/C13H12BrCl2NO2/c14-12-4-3-11(19-12)13(18)8(6-17)7-1-2-9(15)10(16)5-7/h1-5,8,13,18H,6,17H2. The highest BCUT2D eigenvalue weighted by molar-refractivity contribution is 9.10. The summed E-state index contributed by atoms with van der Waals surface area (Å²) in [6, 6.07) is 8.62. The zero-order chi connectivity index (χ0) is 14.0. The van der Waals surface area contributed by atoms with Gasteiger partial charge >= 0.3 is 0 Å². The Labute approximate surface area is 129 Å². The van der Waals surface area contributed by atoms with E-state index in [1.54, 1.807) is 30.3 Å². The molecule has 3 N–H and O–H groups in total. The lowest BCUT2D eigenvalue weighted by atomic mass is 9.92. The lowest BCUT2D eigenvalue weighted by molar-refractivity contribution is 0.120. The van der Waals surface area contributed by atoms with E-state index < -0.39 is 6.10 Å². The fourth-order valence-electron chi connectivity index (χ4n) is 1.88. The van der Waals surface area contributed by atoms with Crippen LogP contribution in [0.5, 0.6) is 0 Å². The summed E-state index contributed by atoms with van der Waals surface area (Å²) in [7, 11) is 0. The zero-order valence-electron chi connectivity index (χ0n) is 9.82. The van der Waals surface area contributed by atoms with Gasteiger partial charge in [-0.15, -0.1) is 0 Å². The predicted octanol–water partition coefficient (Wildman–Crippen LogP) is 4.12. The molecule has 0 aliphatic carbocycles. The van der Waals surface area contributed by atoms with Crippen LogP contribution in [0, 0.1) is 0 Å². The molecule has 0 spiro atoms. The highest BCUT2D eigenvalue weighted by Gasteiger charge is 2.24. The van der Waals surface area contributed by atoms with Crippen molar-refractivity contribution in [3.63, 3.8) is 0 Å². The number of hydrogen-bond donors (Lipinski definition) is 2. The van der Waals surface area contributed by atoms with Crippen LogP contribution >= 0.6 is 39.1 Å². The van der Waals surface area contributed by atoms with E-state index in [0.717, 1.165) is 5.56 Å². The molecular formula is C13H12BrCl2NO2. The van der Waals surface area contributed by atoms with Crippen molar-refractivity contribution < 1.29 is 9.52 Å². The van der Waals surface area contributed by atoms with Gasteiger partial charge in [0.2, 0.25) is 0 Å². The van der Waals surface area contributed by atoms with Crippen molar-refractivity contribution in [2.75, 3.05) is 6.54 Å². The monoisotopic (exact) mass is 363 g/mol. The minimum absolute atomic E-state index is 0.261. The van der Waals surface area contributed by atoms with Crippen molar-refractivity contribution >= 4 is 39.1 Å². The maximum atomic E-state index is 10.3. The van der Waals surface area contributed by atoms with Gasteiger partial charge in [-0.25, -0.2) is 0 Å². The lowest BCUT2D eigenvalue weighted by Gasteiger charge is -2.20. The van der Waals surface area contributed by atoms with Crippen LogP contribution < -0.4 is 5.73 Å². The number of furan rings is 1. The Morgan fingerprint density at radius 3 is 2.47 bits per heavy atom. The Morgan fingerprint density at radius 2 is 1.95 bits per heavy atom. The Bertz CT molecular complexity index is 574. The minimum atomic E-state index is -0.839. The Hall–Kier alpha value is -0.520. The molecule has 0 amide bonds. The van der Waals surface area contributed by atoms with Crippen LogP contribution in [0.1, 0.15) is 23.3 Å². The van der Waals surface area contributed by atoms with E-state index >= 15 is 0 Å². The summed E-state index contributed by atoms with van der Waals surface area (Å²) < 4.78 is 5.92. The quantitative estimate of drug-likeness (QED) is 0.857. The molecule has 19 heavy (non-hydrogen) atoms. The molecule has 3 nitrogen and oxygen atoms in total. The van der Waals surface area contributed by atoms with Gasteiger partial charge in [0.25, 0.3) is 0 Å². The van der Waals surface area contributed by atoms with Crippen molar-refractivity contribution in [1.29, 1.82) is 0 Å². The fourth-order valence-corrected chi connectivity index (χ4v) is 2.50. The molecular weight excluding hydrogens is 353 g/mol. The number of nitrogens with two attached hydrogens (primary N) is 1. The number of aliphatic hydroxyl groups excluding tert-OH is 1. The molecule has 0 radical (unpaired) electrons. The molecule has 1 aromatic carbocycles. The largest absolute Gasteiger partial charge is 0.452 e. The second kappa shape index (κ2) is 6.29. The average molecular weight is 365 g/mol. The molecule has 6 heteroatoms. The van der Waals surface area contributed by atoms with Crippen molar-refractivity contribution in [2.45, 2.75) is 12.0 Å². The van der Waals surface area contributed by atoms with Gasteiger partial charge in [0, 0.05) is 12.5 Å². The van der Waals surface area contributed by atoms with Gasteiger partial charge in [0.15, 0.2) is 4.67 Å². The van der Waals surface area contributed by atoms with Crippen LogP contribution in [-0.2, 0) is 0 Å². The summed E-state index contributed by atoms with van der Waals surface area (Å²) in [4.78, 5) is 0. The highest BCUT2D eigenvalue weighted by Crippen LogP contribution is 2.34. The third-order valence-electron chi connectivity index (χ3n) is 2.89. The van der Waals surface area contributed by atoms with Crippen molar-refractivity contribution in [2.24, 2.45) is 5.73 Å². The minimum Gasteiger partial charge on any atom is -0.452 e. The van der Waals surface area contributed by atoms with Crippen molar-refractivity contribution in [3.05, 3.63) is 56.4 Å². The maximum Gasteiger partial charge on any atom is 0.169 e. The van der Waals surface area contributed by atoms with E-state index in [0.29, 0.717) is 20.5 Å². The van der Waals surface area contributed by atoms with Gasteiger partial charge in [-0.1, -0.05) is 29.3 Å². The zero-order valence-corrected chi connectivity index (χ0v) is 12.9. The molecule has 2 unspecified atom stereocenters. The van der Waals surface area contributed by atoms with E-state index in [1.807, 2.05) is 0 Å². The maximum absolute atomic E-state index is 10.3. The smallest absolute Gasteiger partial charge is 0.169 e. The van der Waals surface area contributed by atoms with Crippen LogP contribution in [0.15, 0.2) is 39.4 Å². The number of benzene rings is 1. The van der Waals surface area contributed by atoms with Gasteiger partial charge in [-0.2, -0.15) is 0 Å². The van der Waals surface area contributed by atoms with Gasteiger partial charge in [0.1, 0.15) is 11.9 Å². The Balaban J connectivity index is 2.30. The lowest BCUT2D eigenvalue weighted by Crippen LogP contribution is -2.19. The molecule has 0 fully saturated rings. The molecule has 0 aliphatic heterocycles. The molecule has 102 valence electrons. The van der Waals surface area contributed by atoms with Gasteiger partial charge in [-0.05, 0) is 45.8 Å². The molecule has 0 saturated carbocycles. The SMILES string of the molecule is NCC(c1ccc(Cl)c(Cl)c1)C(O)c1ccc(Br)o1. The van der Waals surface area contributed by atoms with Crippen LogP contribution in [0.25, 0.3) is 0 Å². The number of aliphatic hydroxyl groups is 1. The summed E-state index contributed by atoms with van der Waals surface area (Å²) in [5.41, 5.74) is 6.57. The van der Waals surface area contributed by atoms with Crippen LogP contribution in [-0.4, -0.2) is 11.7 Å². The molecule has 1 heterocycles. The third-order valence-corrected chi connectivity index (χ3v) is 4.06. The van der Waals surface area contributed by atoms with Gasteiger partial charge in [-0.3, -0.25) is 0 Å². The molecule has 2 atom stereocenters. The first-order chi connectivity index (χ1) is 9.02. The molecule has 2 aromatic rings. The summed E-state index contributed by atoms with van der Waals surface area (Å²) in [5.74, 6) is 0.140. The summed E-state index contributed by atoms with van der Waals surface area (Å²) in [5, 5.41) is 11.2. The fraction of sp³-hybridized carbons (Fsp3) is 0.231. The Kier molecular flexibility index (Phi) is 4.92. The second-order valence-electron chi connectivity index (χ2n) is 4.10. The van der Waals surface area contributed by atoms with E-state index in [4.69, 9.17) is 33.4 Å². The molecule has 0 bridgehead atoms. The topological polar surface area (TPSA) is 59.4 Å². The number of halogens is 3. The predicted molar refractivity (Wildman–Crippen MR) is 79.6 cm³/mol. The van der Waals surface area contributed by atoms with E-state index in [9.17, 15) is 5.11 Å². The van der Waals surface area contributed by atoms with E-state index in [1.165, 1.54) is 0 Å². The van der Waals surface area contributed by atoms with Crippen LogP contribution in [0.3, 0.4) is 0 Å². The molecule has 1 aromatic heterocycles. The Morgan fingerprint density at radius 1 is 1.21 bits per heavy atom. The normalized spacial score (nSPS) is 14.4. The molecule has 0 saturated heterocycles. The molecule has 2 rings (SSSR count). The van der Waals surface area contributed by atoms with E-state index in [-0.39, 0.29) is 12.5 Å². The first-order valence-corrected chi connectivity index (χ1v) is 7.16. The van der Waals surface area contributed by atoms with Crippen molar-refractivity contribution in [3.8, 4) is 0 Å². The summed E-state index contributed by atoms with van der Waals surface area (Å²) in [6.45, 7) is 0.261. The van der Waals surface area contributed by atoms with Crippen molar-refractivity contribution in [1.82, 2.24) is 0 Å². The summed E-state index contributed by atoms with van der Waals surface area (Å²) in [6.07, 6.45) is -0.839. The summed E-state index contributed by atoms with van der Waals surface area (Å²) >= 11 is 15.1. The number of hydrogen-bond acceptors (Lipinski definition) is 3. The van der Waals surface area contributed by atoms with E-state index in [2.05, 4.69) is 15.9 Å². The van der Waals surface area contributed by atoms with Gasteiger partial charge in [0.05, 0.1) is 10.0 Å². The first-order valence-electron chi connectivity index (χ1n) is 5.61. The van der Waals surface area contributed by atoms with Crippen LogP contribution in [0.2, 0.25) is 10.0 Å². The van der Waals surface area contributed by atoms with Crippen LogP contribution in [0.4, 0.5) is 0 Å². The number of rotatable bonds is 4. The van der Waals surface area contributed by atoms with Gasteiger partial charge < -0.3 is 15.3 Å². The first kappa shape index (κ1) is 14.9. The highest BCUT2D eigenvalue weighted by atomic mass is 79.9. The third kappa shape index (κ3) is 3.33.